The Bertz CT molecular complexity index is 502. The number of guanidine groups is 1. The number of nitrogens with zero attached hydrogens (tertiary/aromatic N) is 4. The first-order valence-electron chi connectivity index (χ1n) is 9.82. The number of rotatable bonds is 6. The van der Waals surface area contributed by atoms with Gasteiger partial charge in [0, 0.05) is 52.9 Å². The lowest BCUT2D eigenvalue weighted by Gasteiger charge is -2.39. The Morgan fingerprint density at radius 2 is 1.63 bits per heavy atom. The van der Waals surface area contributed by atoms with Crippen LogP contribution >= 0.6 is 24.0 Å². The standard InChI is InChI=1S/C18H34N6O2.HI/c1-4-7-20-16(25)14-21-18(19-3)24-12-10-22(11-13-24)15(2)17(26)23-8-5-6-9-23;/h15H,4-14H2,1-3H3,(H,19,21)(H,20,25);1H. The molecule has 2 amide bonds. The van der Waals surface area contributed by atoms with Crippen molar-refractivity contribution in [2.75, 3.05) is 59.4 Å². The molecule has 2 aliphatic rings. The molecule has 0 bridgehead atoms. The summed E-state index contributed by atoms with van der Waals surface area (Å²) in [4.78, 5) is 35.0. The number of amides is 2. The third-order valence-corrected chi connectivity index (χ3v) is 5.13. The molecular weight excluding hydrogens is 459 g/mol. The van der Waals surface area contributed by atoms with Gasteiger partial charge < -0.3 is 20.4 Å². The lowest BCUT2D eigenvalue weighted by molar-refractivity contribution is -0.135. The van der Waals surface area contributed by atoms with Gasteiger partial charge in [0.2, 0.25) is 11.8 Å². The van der Waals surface area contributed by atoms with Gasteiger partial charge in [0.05, 0.1) is 12.6 Å². The van der Waals surface area contributed by atoms with Crippen molar-refractivity contribution in [3.05, 3.63) is 0 Å². The zero-order valence-electron chi connectivity index (χ0n) is 16.9. The zero-order valence-corrected chi connectivity index (χ0v) is 19.2. The van der Waals surface area contributed by atoms with Gasteiger partial charge in [-0.2, -0.15) is 0 Å². The van der Waals surface area contributed by atoms with Crippen LogP contribution in [0.3, 0.4) is 0 Å². The van der Waals surface area contributed by atoms with Gasteiger partial charge in [-0.1, -0.05) is 6.92 Å². The molecule has 0 spiro atoms. The average Bonchev–Trinajstić information content (AvgIpc) is 3.21. The molecule has 0 aromatic carbocycles. The molecule has 2 rings (SSSR count). The van der Waals surface area contributed by atoms with Crippen molar-refractivity contribution >= 4 is 41.8 Å². The van der Waals surface area contributed by atoms with E-state index in [9.17, 15) is 9.59 Å². The number of hydrogen-bond acceptors (Lipinski definition) is 4. The molecular formula is C18H35IN6O2. The molecule has 1 atom stereocenters. The highest BCUT2D eigenvalue weighted by atomic mass is 127. The summed E-state index contributed by atoms with van der Waals surface area (Å²) in [5.41, 5.74) is 0. The first-order valence-corrected chi connectivity index (χ1v) is 9.82. The number of halogens is 1. The Kier molecular flexibility index (Phi) is 11.0. The summed E-state index contributed by atoms with van der Waals surface area (Å²) in [5.74, 6) is 0.984. The minimum absolute atomic E-state index is 0. The summed E-state index contributed by atoms with van der Waals surface area (Å²) in [6.07, 6.45) is 3.18. The molecule has 0 aliphatic carbocycles. The monoisotopic (exact) mass is 494 g/mol. The Hall–Kier alpha value is -1.10. The molecule has 2 fully saturated rings. The van der Waals surface area contributed by atoms with Crippen LogP contribution in [0.1, 0.15) is 33.1 Å². The molecule has 0 aromatic heterocycles. The molecule has 2 aliphatic heterocycles. The molecule has 0 radical (unpaired) electrons. The maximum absolute atomic E-state index is 12.6. The molecule has 2 saturated heterocycles. The topological polar surface area (TPSA) is 80.3 Å². The summed E-state index contributed by atoms with van der Waals surface area (Å²) in [6.45, 7) is 10.0. The minimum Gasteiger partial charge on any atom is -0.355 e. The van der Waals surface area contributed by atoms with Crippen molar-refractivity contribution < 1.29 is 9.59 Å². The number of hydrogen-bond donors (Lipinski definition) is 2. The van der Waals surface area contributed by atoms with Gasteiger partial charge in [0.1, 0.15) is 0 Å². The van der Waals surface area contributed by atoms with Crippen molar-refractivity contribution in [3.63, 3.8) is 0 Å². The Morgan fingerprint density at radius 1 is 1.00 bits per heavy atom. The summed E-state index contributed by atoms with van der Waals surface area (Å²) in [7, 11) is 1.73. The third-order valence-electron chi connectivity index (χ3n) is 5.13. The minimum atomic E-state index is -0.0648. The number of likely N-dealkylation sites (tertiary alicyclic amines) is 1. The van der Waals surface area contributed by atoms with E-state index in [2.05, 4.69) is 25.4 Å². The summed E-state index contributed by atoms with van der Waals surface area (Å²) < 4.78 is 0. The fourth-order valence-electron chi connectivity index (χ4n) is 3.50. The highest BCUT2D eigenvalue weighted by molar-refractivity contribution is 14.0. The molecule has 0 aromatic rings. The Balaban J connectivity index is 0.00000364. The van der Waals surface area contributed by atoms with Gasteiger partial charge in [0.25, 0.3) is 0 Å². The van der Waals surface area contributed by atoms with E-state index in [0.29, 0.717) is 6.54 Å². The third kappa shape index (κ3) is 7.10. The van der Waals surface area contributed by atoms with Gasteiger partial charge >= 0.3 is 0 Å². The molecule has 1 unspecified atom stereocenters. The largest absolute Gasteiger partial charge is 0.355 e. The number of carbonyl (C=O) groups is 2. The quantitative estimate of drug-likeness (QED) is 0.316. The van der Waals surface area contributed by atoms with Crippen molar-refractivity contribution in [2.24, 2.45) is 4.99 Å². The SMILES string of the molecule is CCCNC(=O)CNC(=NC)N1CCN(C(C)C(=O)N2CCCC2)CC1.I. The van der Waals surface area contributed by atoms with Crippen LogP contribution in [-0.2, 0) is 9.59 Å². The Morgan fingerprint density at radius 3 is 2.19 bits per heavy atom. The van der Waals surface area contributed by atoms with Gasteiger partial charge in [-0.15, -0.1) is 24.0 Å². The molecule has 27 heavy (non-hydrogen) atoms. The van der Waals surface area contributed by atoms with E-state index in [0.717, 1.165) is 64.5 Å². The molecule has 156 valence electrons. The predicted molar refractivity (Wildman–Crippen MR) is 118 cm³/mol. The smallest absolute Gasteiger partial charge is 0.239 e. The summed E-state index contributed by atoms with van der Waals surface area (Å²) in [5, 5.41) is 5.98. The van der Waals surface area contributed by atoms with Crippen LogP contribution in [0, 0.1) is 0 Å². The fourth-order valence-corrected chi connectivity index (χ4v) is 3.50. The van der Waals surface area contributed by atoms with E-state index < -0.39 is 0 Å². The highest BCUT2D eigenvalue weighted by Crippen LogP contribution is 2.14. The summed E-state index contributed by atoms with van der Waals surface area (Å²) >= 11 is 0. The number of piperazine rings is 1. The first kappa shape index (κ1) is 23.9. The van der Waals surface area contributed by atoms with Gasteiger partial charge in [0.15, 0.2) is 5.96 Å². The second kappa shape index (κ2) is 12.4. The van der Waals surface area contributed by atoms with Gasteiger partial charge in [-0.25, -0.2) is 0 Å². The van der Waals surface area contributed by atoms with Crippen LogP contribution in [-0.4, -0.2) is 97.9 Å². The first-order chi connectivity index (χ1) is 12.6. The second-order valence-corrected chi connectivity index (χ2v) is 6.98. The van der Waals surface area contributed by atoms with Crippen molar-refractivity contribution in [1.82, 2.24) is 25.3 Å². The van der Waals surface area contributed by atoms with Crippen molar-refractivity contribution in [3.8, 4) is 0 Å². The number of carbonyl (C=O) groups excluding carboxylic acids is 2. The van der Waals surface area contributed by atoms with Crippen LogP contribution in [0.15, 0.2) is 4.99 Å². The lowest BCUT2D eigenvalue weighted by Crippen LogP contribution is -2.57. The Labute approximate surface area is 180 Å². The van der Waals surface area contributed by atoms with E-state index in [-0.39, 0.29) is 48.4 Å². The highest BCUT2D eigenvalue weighted by Gasteiger charge is 2.30. The van der Waals surface area contributed by atoms with E-state index >= 15 is 0 Å². The van der Waals surface area contributed by atoms with Gasteiger partial charge in [-0.05, 0) is 26.2 Å². The van der Waals surface area contributed by atoms with E-state index in [1.54, 1.807) is 7.05 Å². The van der Waals surface area contributed by atoms with Crippen LogP contribution < -0.4 is 10.6 Å². The summed E-state index contributed by atoms with van der Waals surface area (Å²) in [6, 6.07) is -0.0648. The average molecular weight is 494 g/mol. The maximum atomic E-state index is 12.6. The number of aliphatic imine (C=N–C) groups is 1. The number of nitrogens with one attached hydrogen (secondary N) is 2. The van der Waals surface area contributed by atoms with Crippen LogP contribution in [0.2, 0.25) is 0 Å². The zero-order chi connectivity index (χ0) is 18.9. The van der Waals surface area contributed by atoms with Crippen molar-refractivity contribution in [2.45, 2.75) is 39.2 Å². The lowest BCUT2D eigenvalue weighted by atomic mass is 10.2. The molecule has 9 heteroatoms. The maximum Gasteiger partial charge on any atom is 0.239 e. The second-order valence-electron chi connectivity index (χ2n) is 6.98. The molecule has 2 heterocycles. The fraction of sp³-hybridized carbons (Fsp3) is 0.833. The molecule has 0 saturated carbocycles. The van der Waals surface area contributed by atoms with E-state index in [1.807, 2.05) is 18.7 Å². The molecule has 2 N–H and O–H groups in total. The van der Waals surface area contributed by atoms with Crippen molar-refractivity contribution in [1.29, 1.82) is 0 Å². The normalized spacial score (nSPS) is 19.4. The molecule has 8 nitrogen and oxygen atoms in total. The van der Waals surface area contributed by atoms with Crippen LogP contribution in [0.4, 0.5) is 0 Å². The van der Waals surface area contributed by atoms with E-state index in [1.165, 1.54) is 0 Å². The predicted octanol–water partition coefficient (Wildman–Crippen LogP) is 0.335. The van der Waals surface area contributed by atoms with Gasteiger partial charge in [-0.3, -0.25) is 19.5 Å². The van der Waals surface area contributed by atoms with Crippen LogP contribution in [0.5, 0.6) is 0 Å². The van der Waals surface area contributed by atoms with E-state index in [4.69, 9.17) is 0 Å². The van der Waals surface area contributed by atoms with Crippen LogP contribution in [0.25, 0.3) is 0 Å².